The molecule has 1 amide bonds. The molecule has 0 aromatic rings. The summed E-state index contributed by atoms with van der Waals surface area (Å²) in [7, 11) is 1.25. The van der Waals surface area contributed by atoms with E-state index in [1.165, 1.54) is 19.3 Å². The van der Waals surface area contributed by atoms with Crippen LogP contribution in [-0.2, 0) is 23.8 Å². The number of alkyl carbamates (subject to hydrolysis) is 1. The molecule has 0 aromatic heterocycles. The number of methoxy groups -OCH3 is 1. The maximum absolute atomic E-state index is 11.6. The summed E-state index contributed by atoms with van der Waals surface area (Å²) in [4.78, 5) is 34.3. The molecule has 24 heavy (non-hydrogen) atoms. The first-order valence-corrected chi connectivity index (χ1v) is 7.43. The second kappa shape index (κ2) is 15.9. The zero-order valence-electron chi connectivity index (χ0n) is 14.0. The average molecular weight is 361 g/mol. The zero-order chi connectivity index (χ0) is 17.5. The van der Waals surface area contributed by atoms with Gasteiger partial charge in [-0.3, -0.25) is 4.79 Å². The minimum atomic E-state index is -0.773. The molecule has 0 aliphatic heterocycles. The van der Waals surface area contributed by atoms with Gasteiger partial charge in [0, 0.05) is 6.42 Å². The van der Waals surface area contributed by atoms with E-state index >= 15 is 0 Å². The maximum Gasteiger partial charge on any atom is 0.408 e. The molecule has 0 fully saturated rings. The molecule has 0 aliphatic rings. The average Bonchev–Trinajstić information content (AvgIpc) is 2.55. The standard InChI is InChI=1S/C16H25NO6.H2S/c1-4-11-22-14(18)10-8-6-7-9-13(15(19)21-3)17-16(20)23-12-5-2;/h4-5,13H,1-2,6-12H2,3H3,(H,17,20);1H2/t13-;/m0./s1. The first kappa shape index (κ1) is 24.3. The Labute approximate surface area is 149 Å². The van der Waals surface area contributed by atoms with E-state index in [-0.39, 0.29) is 32.7 Å². The van der Waals surface area contributed by atoms with Crippen LogP contribution in [0.5, 0.6) is 0 Å². The molecule has 0 saturated heterocycles. The molecule has 0 bridgehead atoms. The molecular weight excluding hydrogens is 334 g/mol. The Hall–Kier alpha value is -1.96. The Kier molecular flexibility index (Phi) is 16.1. The molecule has 0 aromatic carbocycles. The van der Waals surface area contributed by atoms with Crippen molar-refractivity contribution >= 4 is 31.5 Å². The van der Waals surface area contributed by atoms with Gasteiger partial charge >= 0.3 is 18.0 Å². The summed E-state index contributed by atoms with van der Waals surface area (Å²) in [6.45, 7) is 7.15. The molecule has 1 N–H and O–H groups in total. The van der Waals surface area contributed by atoms with E-state index in [9.17, 15) is 14.4 Å². The van der Waals surface area contributed by atoms with E-state index in [1.807, 2.05) is 0 Å². The van der Waals surface area contributed by atoms with E-state index in [1.54, 1.807) is 0 Å². The van der Waals surface area contributed by atoms with E-state index in [0.717, 1.165) is 6.42 Å². The van der Waals surface area contributed by atoms with Gasteiger partial charge in [-0.15, -0.1) is 0 Å². The number of hydrogen-bond donors (Lipinski definition) is 1. The molecule has 0 spiro atoms. The van der Waals surface area contributed by atoms with Crippen molar-refractivity contribution in [2.45, 2.75) is 38.1 Å². The number of rotatable bonds is 12. The molecule has 0 rings (SSSR count). The third-order valence-electron chi connectivity index (χ3n) is 2.85. The quantitative estimate of drug-likeness (QED) is 0.248. The van der Waals surface area contributed by atoms with Crippen molar-refractivity contribution in [2.24, 2.45) is 0 Å². The second-order valence-corrected chi connectivity index (χ2v) is 4.68. The largest absolute Gasteiger partial charge is 0.467 e. The van der Waals surface area contributed by atoms with Crippen molar-refractivity contribution in [1.29, 1.82) is 0 Å². The number of nitrogens with one attached hydrogen (secondary N) is 1. The van der Waals surface area contributed by atoms with Crippen LogP contribution in [-0.4, -0.2) is 44.4 Å². The Morgan fingerprint density at radius 1 is 1.04 bits per heavy atom. The minimum Gasteiger partial charge on any atom is -0.467 e. The highest BCUT2D eigenvalue weighted by Crippen LogP contribution is 2.08. The fourth-order valence-corrected chi connectivity index (χ4v) is 1.73. The van der Waals surface area contributed by atoms with Gasteiger partial charge in [0.15, 0.2) is 0 Å². The summed E-state index contributed by atoms with van der Waals surface area (Å²) >= 11 is 0. The van der Waals surface area contributed by atoms with Gasteiger partial charge in [0.25, 0.3) is 0 Å². The summed E-state index contributed by atoms with van der Waals surface area (Å²) < 4.78 is 14.3. The molecule has 7 nitrogen and oxygen atoms in total. The van der Waals surface area contributed by atoms with Gasteiger partial charge in [0.05, 0.1) is 7.11 Å². The zero-order valence-corrected chi connectivity index (χ0v) is 15.0. The van der Waals surface area contributed by atoms with Crippen molar-refractivity contribution in [2.75, 3.05) is 20.3 Å². The lowest BCUT2D eigenvalue weighted by molar-refractivity contribution is -0.144. The predicted octanol–water partition coefficient (Wildman–Crippen LogP) is 2.23. The lowest BCUT2D eigenvalue weighted by atomic mass is 10.1. The highest BCUT2D eigenvalue weighted by Gasteiger charge is 2.21. The summed E-state index contributed by atoms with van der Waals surface area (Å²) in [6, 6.07) is -0.773. The topological polar surface area (TPSA) is 90.9 Å². The highest BCUT2D eigenvalue weighted by atomic mass is 32.1. The normalized spacial score (nSPS) is 10.5. The Balaban J connectivity index is 0. The van der Waals surface area contributed by atoms with Gasteiger partial charge in [0.1, 0.15) is 19.3 Å². The number of amides is 1. The molecule has 8 heteroatoms. The summed E-state index contributed by atoms with van der Waals surface area (Å²) in [5.74, 6) is -0.813. The summed E-state index contributed by atoms with van der Waals surface area (Å²) in [5, 5.41) is 2.44. The van der Waals surface area contributed by atoms with E-state index in [2.05, 4.69) is 23.2 Å². The van der Waals surface area contributed by atoms with Crippen LogP contribution in [0, 0.1) is 0 Å². The van der Waals surface area contributed by atoms with Gasteiger partial charge in [-0.1, -0.05) is 38.2 Å². The summed E-state index contributed by atoms with van der Waals surface area (Å²) in [6.07, 6.45) is 4.96. The van der Waals surface area contributed by atoms with Crippen molar-refractivity contribution in [1.82, 2.24) is 5.32 Å². The van der Waals surface area contributed by atoms with Crippen LogP contribution in [0.25, 0.3) is 0 Å². The minimum absolute atomic E-state index is 0. The van der Waals surface area contributed by atoms with Crippen molar-refractivity contribution < 1.29 is 28.6 Å². The van der Waals surface area contributed by atoms with Gasteiger partial charge in [-0.2, -0.15) is 13.5 Å². The van der Waals surface area contributed by atoms with Gasteiger partial charge in [-0.25, -0.2) is 9.59 Å². The Morgan fingerprint density at radius 2 is 1.67 bits per heavy atom. The molecular formula is C16H27NO6S. The Morgan fingerprint density at radius 3 is 2.25 bits per heavy atom. The van der Waals surface area contributed by atoms with E-state index < -0.39 is 18.1 Å². The number of ether oxygens (including phenoxy) is 3. The number of carbonyl (C=O) groups is 3. The lowest BCUT2D eigenvalue weighted by Gasteiger charge is -2.15. The van der Waals surface area contributed by atoms with Crippen LogP contribution in [0.3, 0.4) is 0 Å². The van der Waals surface area contributed by atoms with Crippen molar-refractivity contribution in [3.8, 4) is 0 Å². The van der Waals surface area contributed by atoms with Crippen molar-refractivity contribution in [3.63, 3.8) is 0 Å². The molecule has 1 atom stereocenters. The Bertz CT molecular complexity index is 413. The first-order chi connectivity index (χ1) is 11.0. The van der Waals surface area contributed by atoms with Gasteiger partial charge in [0.2, 0.25) is 0 Å². The smallest absolute Gasteiger partial charge is 0.408 e. The predicted molar refractivity (Wildman–Crippen MR) is 95.1 cm³/mol. The van der Waals surface area contributed by atoms with Crippen LogP contribution >= 0.6 is 13.5 Å². The lowest BCUT2D eigenvalue weighted by Crippen LogP contribution is -2.41. The third kappa shape index (κ3) is 12.6. The third-order valence-corrected chi connectivity index (χ3v) is 2.85. The van der Waals surface area contributed by atoms with Crippen LogP contribution in [0.4, 0.5) is 4.79 Å². The summed E-state index contributed by atoms with van der Waals surface area (Å²) in [5.41, 5.74) is 0. The van der Waals surface area contributed by atoms with E-state index in [4.69, 9.17) is 9.47 Å². The number of hydrogen-bond acceptors (Lipinski definition) is 6. The van der Waals surface area contributed by atoms with Gasteiger partial charge < -0.3 is 19.5 Å². The van der Waals surface area contributed by atoms with Crippen LogP contribution in [0.2, 0.25) is 0 Å². The number of esters is 2. The van der Waals surface area contributed by atoms with Crippen LogP contribution < -0.4 is 5.32 Å². The highest BCUT2D eigenvalue weighted by molar-refractivity contribution is 7.59. The monoisotopic (exact) mass is 361 g/mol. The fourth-order valence-electron chi connectivity index (χ4n) is 1.73. The second-order valence-electron chi connectivity index (χ2n) is 4.68. The molecule has 138 valence electrons. The molecule has 0 aliphatic carbocycles. The molecule has 0 radical (unpaired) electrons. The fraction of sp³-hybridized carbons (Fsp3) is 0.562. The first-order valence-electron chi connectivity index (χ1n) is 7.43. The maximum atomic E-state index is 11.6. The van der Waals surface area contributed by atoms with E-state index in [0.29, 0.717) is 25.7 Å². The molecule has 0 unspecified atom stereocenters. The van der Waals surface area contributed by atoms with Gasteiger partial charge in [-0.05, 0) is 12.8 Å². The molecule has 0 heterocycles. The molecule has 0 saturated carbocycles. The number of unbranched alkanes of at least 4 members (excludes halogenated alkanes) is 2. The van der Waals surface area contributed by atoms with Crippen LogP contribution in [0.15, 0.2) is 25.3 Å². The van der Waals surface area contributed by atoms with Crippen molar-refractivity contribution in [3.05, 3.63) is 25.3 Å². The van der Waals surface area contributed by atoms with Crippen LogP contribution in [0.1, 0.15) is 32.1 Å². The number of carbonyl (C=O) groups excluding carboxylic acids is 3. The SMILES string of the molecule is C=CCOC(=O)CCCCC[C@H](NC(=O)OCC=C)C(=O)OC.S.